The van der Waals surface area contributed by atoms with Crippen LogP contribution in [0.5, 0.6) is 11.5 Å². The zero-order chi connectivity index (χ0) is 17.2. The Balaban J connectivity index is 1.84. The predicted molar refractivity (Wildman–Crippen MR) is 92.2 cm³/mol. The molecule has 1 heterocycles. The molecule has 5 nitrogen and oxygen atoms in total. The van der Waals surface area contributed by atoms with Gasteiger partial charge in [0.05, 0.1) is 18.1 Å². The Hall–Kier alpha value is -1.76. The van der Waals surface area contributed by atoms with E-state index in [1.54, 1.807) is 31.2 Å². The molecule has 0 aromatic heterocycles. The molecule has 0 radical (unpaired) electrons. The fourth-order valence-electron chi connectivity index (χ4n) is 2.46. The standard InChI is InChI=1S/C17H18ClNO4S/c1-12(13-4-2-5-14(18)10-13)19-24(20,21)15-6-7-16-17(11-15)23-9-3-8-22-16/h2,4-7,10-12,19H,3,8-9H2,1H3/t12-/m1/s1. The van der Waals surface area contributed by atoms with Gasteiger partial charge in [-0.25, -0.2) is 13.1 Å². The summed E-state index contributed by atoms with van der Waals surface area (Å²) in [4.78, 5) is 0.139. The molecule has 128 valence electrons. The lowest BCUT2D eigenvalue weighted by Crippen LogP contribution is -2.26. The van der Waals surface area contributed by atoms with Crippen molar-refractivity contribution >= 4 is 21.6 Å². The van der Waals surface area contributed by atoms with Crippen molar-refractivity contribution in [3.63, 3.8) is 0 Å². The van der Waals surface area contributed by atoms with E-state index in [9.17, 15) is 8.42 Å². The van der Waals surface area contributed by atoms with E-state index in [0.717, 1.165) is 12.0 Å². The molecule has 1 aliphatic heterocycles. The Morgan fingerprint density at radius 1 is 1.08 bits per heavy atom. The summed E-state index contributed by atoms with van der Waals surface area (Å²) in [5.41, 5.74) is 0.792. The predicted octanol–water partition coefficient (Wildman–Crippen LogP) is 3.54. The van der Waals surface area contributed by atoms with Gasteiger partial charge in [-0.05, 0) is 36.8 Å². The van der Waals surface area contributed by atoms with Crippen LogP contribution in [0.1, 0.15) is 24.9 Å². The van der Waals surface area contributed by atoms with Gasteiger partial charge in [-0.2, -0.15) is 0 Å². The zero-order valence-corrected chi connectivity index (χ0v) is 14.7. The van der Waals surface area contributed by atoms with Crippen LogP contribution in [0.3, 0.4) is 0 Å². The fourth-order valence-corrected chi connectivity index (χ4v) is 3.90. The van der Waals surface area contributed by atoms with E-state index in [4.69, 9.17) is 21.1 Å². The van der Waals surface area contributed by atoms with Crippen molar-refractivity contribution in [2.45, 2.75) is 24.3 Å². The molecule has 0 aliphatic carbocycles. The minimum absolute atomic E-state index is 0.139. The average Bonchev–Trinajstić information content (AvgIpc) is 2.79. The van der Waals surface area contributed by atoms with Crippen LogP contribution < -0.4 is 14.2 Å². The summed E-state index contributed by atoms with van der Waals surface area (Å²) in [6.45, 7) is 2.83. The molecule has 0 spiro atoms. The number of benzene rings is 2. The summed E-state index contributed by atoms with van der Waals surface area (Å²) in [5.74, 6) is 1.01. The minimum atomic E-state index is -3.69. The number of fused-ring (bicyclic) bond motifs is 1. The number of rotatable bonds is 4. The molecule has 2 aromatic carbocycles. The number of halogens is 1. The van der Waals surface area contributed by atoms with E-state index in [0.29, 0.717) is 29.7 Å². The third-order valence-corrected chi connectivity index (χ3v) is 5.48. The first-order chi connectivity index (χ1) is 11.5. The topological polar surface area (TPSA) is 64.6 Å². The van der Waals surface area contributed by atoms with Gasteiger partial charge in [-0.15, -0.1) is 0 Å². The number of ether oxygens (including phenoxy) is 2. The Kier molecular flexibility index (Phi) is 4.99. The molecule has 3 rings (SSSR count). The lowest BCUT2D eigenvalue weighted by atomic mass is 10.1. The number of hydrogen-bond acceptors (Lipinski definition) is 4. The van der Waals surface area contributed by atoms with Crippen molar-refractivity contribution in [3.05, 3.63) is 53.1 Å². The van der Waals surface area contributed by atoms with Crippen molar-refractivity contribution in [1.82, 2.24) is 4.72 Å². The van der Waals surface area contributed by atoms with Gasteiger partial charge in [0.1, 0.15) is 0 Å². The van der Waals surface area contributed by atoms with Gasteiger partial charge in [0.25, 0.3) is 0 Å². The van der Waals surface area contributed by atoms with E-state index in [1.807, 2.05) is 6.07 Å². The molecule has 1 atom stereocenters. The van der Waals surface area contributed by atoms with Gasteiger partial charge in [-0.1, -0.05) is 23.7 Å². The van der Waals surface area contributed by atoms with Crippen molar-refractivity contribution in [1.29, 1.82) is 0 Å². The molecule has 0 amide bonds. The fraction of sp³-hybridized carbons (Fsp3) is 0.294. The molecule has 0 saturated heterocycles. The van der Waals surface area contributed by atoms with E-state index in [2.05, 4.69) is 4.72 Å². The van der Waals surface area contributed by atoms with Crippen molar-refractivity contribution in [2.24, 2.45) is 0 Å². The quantitative estimate of drug-likeness (QED) is 0.897. The van der Waals surface area contributed by atoms with E-state index in [-0.39, 0.29) is 4.90 Å². The van der Waals surface area contributed by atoms with Crippen LogP contribution in [0.2, 0.25) is 5.02 Å². The largest absolute Gasteiger partial charge is 0.490 e. The van der Waals surface area contributed by atoms with E-state index in [1.165, 1.54) is 12.1 Å². The molecule has 2 aromatic rings. The summed E-state index contributed by atoms with van der Waals surface area (Å²) in [6, 6.07) is 11.3. The molecule has 7 heteroatoms. The second kappa shape index (κ2) is 7.01. The summed E-state index contributed by atoms with van der Waals surface area (Å²) in [7, 11) is -3.69. The van der Waals surface area contributed by atoms with Crippen LogP contribution in [0.4, 0.5) is 0 Å². The molecule has 24 heavy (non-hydrogen) atoms. The number of hydrogen-bond donors (Lipinski definition) is 1. The molecule has 0 unspecified atom stereocenters. The highest BCUT2D eigenvalue weighted by atomic mass is 35.5. The zero-order valence-electron chi connectivity index (χ0n) is 13.2. The van der Waals surface area contributed by atoms with E-state index < -0.39 is 16.1 Å². The first-order valence-corrected chi connectivity index (χ1v) is 9.49. The van der Waals surface area contributed by atoms with Crippen LogP contribution in [0.25, 0.3) is 0 Å². The van der Waals surface area contributed by atoms with Gasteiger partial charge < -0.3 is 9.47 Å². The monoisotopic (exact) mass is 367 g/mol. The van der Waals surface area contributed by atoms with Crippen LogP contribution in [0.15, 0.2) is 47.4 Å². The molecule has 0 bridgehead atoms. The molecular formula is C17H18ClNO4S. The molecule has 1 aliphatic rings. The highest BCUT2D eigenvalue weighted by Gasteiger charge is 2.21. The van der Waals surface area contributed by atoms with Crippen LogP contribution in [-0.2, 0) is 10.0 Å². The smallest absolute Gasteiger partial charge is 0.241 e. The van der Waals surface area contributed by atoms with Crippen LogP contribution in [0, 0.1) is 0 Å². The second-order valence-electron chi connectivity index (χ2n) is 5.56. The lowest BCUT2D eigenvalue weighted by molar-refractivity contribution is 0.297. The Labute approximate surface area is 146 Å². The first-order valence-electron chi connectivity index (χ1n) is 7.63. The number of sulfonamides is 1. The maximum absolute atomic E-state index is 12.6. The summed E-state index contributed by atoms with van der Waals surface area (Å²) < 4.78 is 39.0. The second-order valence-corrected chi connectivity index (χ2v) is 7.71. The van der Waals surface area contributed by atoms with Gasteiger partial charge in [-0.3, -0.25) is 0 Å². The van der Waals surface area contributed by atoms with Crippen molar-refractivity contribution in [2.75, 3.05) is 13.2 Å². The molecule has 0 fully saturated rings. The first kappa shape index (κ1) is 17.1. The number of nitrogens with one attached hydrogen (secondary N) is 1. The van der Waals surface area contributed by atoms with Gasteiger partial charge in [0.15, 0.2) is 11.5 Å². The van der Waals surface area contributed by atoms with Gasteiger partial charge in [0, 0.05) is 23.6 Å². The third kappa shape index (κ3) is 3.83. The lowest BCUT2D eigenvalue weighted by Gasteiger charge is -2.16. The molecular weight excluding hydrogens is 350 g/mol. The summed E-state index contributed by atoms with van der Waals surface area (Å²) in [6.07, 6.45) is 0.765. The molecule has 1 N–H and O–H groups in total. The third-order valence-electron chi connectivity index (χ3n) is 3.71. The SMILES string of the molecule is C[C@@H](NS(=O)(=O)c1ccc2c(c1)OCCCO2)c1cccc(Cl)c1. The highest BCUT2D eigenvalue weighted by Crippen LogP contribution is 2.32. The van der Waals surface area contributed by atoms with Crippen LogP contribution in [-0.4, -0.2) is 21.6 Å². The summed E-state index contributed by atoms with van der Waals surface area (Å²) >= 11 is 5.96. The highest BCUT2D eigenvalue weighted by molar-refractivity contribution is 7.89. The maximum atomic E-state index is 12.6. The van der Waals surface area contributed by atoms with Gasteiger partial charge >= 0.3 is 0 Å². The molecule has 0 saturated carbocycles. The van der Waals surface area contributed by atoms with Gasteiger partial charge in [0.2, 0.25) is 10.0 Å². The minimum Gasteiger partial charge on any atom is -0.490 e. The Morgan fingerprint density at radius 2 is 1.83 bits per heavy atom. The normalized spacial score (nSPS) is 15.6. The van der Waals surface area contributed by atoms with Crippen molar-refractivity contribution in [3.8, 4) is 11.5 Å². The average molecular weight is 368 g/mol. The van der Waals surface area contributed by atoms with E-state index >= 15 is 0 Å². The Bertz CT molecular complexity index is 838. The van der Waals surface area contributed by atoms with Crippen LogP contribution >= 0.6 is 11.6 Å². The Morgan fingerprint density at radius 3 is 2.58 bits per heavy atom. The maximum Gasteiger partial charge on any atom is 0.241 e. The summed E-state index contributed by atoms with van der Waals surface area (Å²) in [5, 5.41) is 0.564. The van der Waals surface area contributed by atoms with Crippen molar-refractivity contribution < 1.29 is 17.9 Å².